The van der Waals surface area contributed by atoms with Crippen LogP contribution in [0, 0.1) is 0 Å². The second kappa shape index (κ2) is 5.98. The molecule has 0 radical (unpaired) electrons. The first-order valence-electron chi connectivity index (χ1n) is 7.21. The summed E-state index contributed by atoms with van der Waals surface area (Å²) in [6.07, 6.45) is 1.96. The van der Waals surface area contributed by atoms with Crippen LogP contribution < -0.4 is 5.32 Å². The molecule has 1 fully saturated rings. The van der Waals surface area contributed by atoms with Crippen molar-refractivity contribution in [1.29, 1.82) is 0 Å². The summed E-state index contributed by atoms with van der Waals surface area (Å²) in [5.74, 6) is -0.0548. The fourth-order valence-electron chi connectivity index (χ4n) is 2.59. The predicted molar refractivity (Wildman–Crippen MR) is 89.6 cm³/mol. The first-order chi connectivity index (χ1) is 10.9. The van der Waals surface area contributed by atoms with E-state index >= 15 is 0 Å². The smallest absolute Gasteiger partial charge is 0.251 e. The molecule has 1 saturated carbocycles. The third kappa shape index (κ3) is 3.57. The van der Waals surface area contributed by atoms with Crippen molar-refractivity contribution in [3.8, 4) is 0 Å². The molecule has 0 bridgehead atoms. The number of amides is 1. The Morgan fingerprint density at radius 2 is 1.91 bits per heavy atom. The van der Waals surface area contributed by atoms with Gasteiger partial charge in [0, 0.05) is 28.8 Å². The van der Waals surface area contributed by atoms with Crippen LogP contribution in [0.3, 0.4) is 0 Å². The van der Waals surface area contributed by atoms with E-state index in [9.17, 15) is 13.2 Å². The highest BCUT2D eigenvalue weighted by Crippen LogP contribution is 2.43. The van der Waals surface area contributed by atoms with Crippen molar-refractivity contribution in [1.82, 2.24) is 5.32 Å². The van der Waals surface area contributed by atoms with Gasteiger partial charge in [0.05, 0.1) is 4.90 Å². The van der Waals surface area contributed by atoms with Gasteiger partial charge >= 0.3 is 0 Å². The summed E-state index contributed by atoms with van der Waals surface area (Å²) in [5, 5.41) is 3.63. The predicted octanol–water partition coefficient (Wildman–Crippen LogP) is 3.03. The lowest BCUT2D eigenvalue weighted by Gasteiger charge is -2.07. The first kappa shape index (κ1) is 16.0. The summed E-state index contributed by atoms with van der Waals surface area (Å²) in [4.78, 5) is 12.4. The molecule has 4 nitrogen and oxygen atoms in total. The summed E-state index contributed by atoms with van der Waals surface area (Å²) >= 11 is 6.17. The van der Waals surface area contributed by atoms with Gasteiger partial charge in [-0.1, -0.05) is 35.9 Å². The standard InChI is InChI=1S/C17H16ClNO3S/c1-23(21,22)12-6-4-5-11(9-12)17(20)19-16-10-14(16)13-7-2-3-8-15(13)18/h2-9,14,16H,10H2,1H3,(H,19,20)/t14-,16-/m0/s1. The van der Waals surface area contributed by atoms with E-state index < -0.39 is 9.84 Å². The van der Waals surface area contributed by atoms with Gasteiger partial charge in [-0.2, -0.15) is 0 Å². The molecule has 23 heavy (non-hydrogen) atoms. The molecule has 1 aliphatic carbocycles. The van der Waals surface area contributed by atoms with Crippen LogP contribution in [0.15, 0.2) is 53.4 Å². The minimum atomic E-state index is -3.33. The number of hydrogen-bond donors (Lipinski definition) is 1. The zero-order chi connectivity index (χ0) is 16.6. The lowest BCUT2D eigenvalue weighted by atomic mass is 10.1. The zero-order valence-corrected chi connectivity index (χ0v) is 14.1. The molecule has 2 atom stereocenters. The van der Waals surface area contributed by atoms with E-state index in [0.717, 1.165) is 18.2 Å². The molecule has 0 unspecified atom stereocenters. The first-order valence-corrected chi connectivity index (χ1v) is 9.48. The van der Waals surface area contributed by atoms with Gasteiger partial charge in [-0.3, -0.25) is 4.79 Å². The minimum Gasteiger partial charge on any atom is -0.349 e. The van der Waals surface area contributed by atoms with Gasteiger partial charge in [0.15, 0.2) is 9.84 Å². The topological polar surface area (TPSA) is 63.2 Å². The van der Waals surface area contributed by atoms with E-state index in [4.69, 9.17) is 11.6 Å². The third-order valence-corrected chi connectivity index (χ3v) is 5.39. The van der Waals surface area contributed by atoms with Crippen LogP contribution in [0.5, 0.6) is 0 Å². The molecule has 2 aromatic rings. The lowest BCUT2D eigenvalue weighted by molar-refractivity contribution is 0.0950. The van der Waals surface area contributed by atoms with Crippen LogP contribution in [-0.2, 0) is 9.84 Å². The number of carbonyl (C=O) groups is 1. The van der Waals surface area contributed by atoms with E-state index in [1.54, 1.807) is 12.1 Å². The Morgan fingerprint density at radius 3 is 2.61 bits per heavy atom. The Hall–Kier alpha value is -1.85. The number of hydrogen-bond acceptors (Lipinski definition) is 3. The van der Waals surface area contributed by atoms with Crippen LogP contribution in [-0.4, -0.2) is 26.6 Å². The average molecular weight is 350 g/mol. The van der Waals surface area contributed by atoms with Gasteiger partial charge in [-0.15, -0.1) is 0 Å². The molecule has 0 heterocycles. The molecule has 0 spiro atoms. The summed E-state index contributed by atoms with van der Waals surface area (Å²) in [6.45, 7) is 0. The van der Waals surface area contributed by atoms with Crippen LogP contribution in [0.4, 0.5) is 0 Å². The van der Waals surface area contributed by atoms with E-state index in [1.807, 2.05) is 24.3 Å². The van der Waals surface area contributed by atoms with Gasteiger partial charge in [-0.25, -0.2) is 8.42 Å². The number of carbonyl (C=O) groups excluding carboxylic acids is 1. The monoisotopic (exact) mass is 349 g/mol. The molecule has 6 heteroatoms. The van der Waals surface area contributed by atoms with Gasteiger partial charge < -0.3 is 5.32 Å². The Balaban J connectivity index is 1.71. The summed E-state index contributed by atoms with van der Waals surface area (Å²) in [5.41, 5.74) is 1.38. The van der Waals surface area contributed by atoms with Gasteiger partial charge in [0.1, 0.15) is 0 Å². The maximum atomic E-state index is 12.3. The summed E-state index contributed by atoms with van der Waals surface area (Å²) < 4.78 is 23.1. The second-order valence-corrected chi connectivity index (χ2v) is 8.17. The molecule has 0 aromatic heterocycles. The molecule has 1 N–H and O–H groups in total. The summed E-state index contributed by atoms with van der Waals surface area (Å²) in [7, 11) is -3.33. The van der Waals surface area contributed by atoms with E-state index in [0.29, 0.717) is 10.6 Å². The van der Waals surface area contributed by atoms with Crippen molar-refractivity contribution in [2.75, 3.05) is 6.26 Å². The Morgan fingerprint density at radius 1 is 1.17 bits per heavy atom. The van der Waals surface area contributed by atoms with Crippen molar-refractivity contribution < 1.29 is 13.2 Å². The molecule has 120 valence electrons. The fourth-order valence-corrected chi connectivity index (χ4v) is 3.54. The average Bonchev–Trinajstić information content (AvgIpc) is 3.26. The van der Waals surface area contributed by atoms with Crippen LogP contribution >= 0.6 is 11.6 Å². The van der Waals surface area contributed by atoms with E-state index in [-0.39, 0.29) is 22.8 Å². The lowest BCUT2D eigenvalue weighted by Crippen LogP contribution is -2.26. The zero-order valence-electron chi connectivity index (χ0n) is 12.5. The molecule has 1 aliphatic rings. The van der Waals surface area contributed by atoms with Crippen LogP contribution in [0.2, 0.25) is 5.02 Å². The molecule has 1 amide bonds. The van der Waals surface area contributed by atoms with E-state index in [2.05, 4.69) is 5.32 Å². The van der Waals surface area contributed by atoms with Crippen molar-refractivity contribution in [3.05, 3.63) is 64.7 Å². The van der Waals surface area contributed by atoms with Gasteiger partial charge in [-0.05, 0) is 36.2 Å². The normalized spacial score (nSPS) is 20.1. The number of halogens is 1. The number of benzene rings is 2. The molecular weight excluding hydrogens is 334 g/mol. The van der Waals surface area contributed by atoms with Crippen molar-refractivity contribution in [2.45, 2.75) is 23.3 Å². The SMILES string of the molecule is CS(=O)(=O)c1cccc(C(=O)N[C@H]2C[C@H]2c2ccccc2Cl)c1. The largest absolute Gasteiger partial charge is 0.349 e. The highest BCUT2D eigenvalue weighted by molar-refractivity contribution is 7.90. The Kier molecular flexibility index (Phi) is 4.17. The highest BCUT2D eigenvalue weighted by atomic mass is 35.5. The number of nitrogens with one attached hydrogen (secondary N) is 1. The Labute approximate surface area is 140 Å². The van der Waals surface area contributed by atoms with Crippen molar-refractivity contribution in [3.63, 3.8) is 0 Å². The quantitative estimate of drug-likeness (QED) is 0.922. The van der Waals surface area contributed by atoms with E-state index in [1.165, 1.54) is 12.1 Å². The van der Waals surface area contributed by atoms with Gasteiger partial charge in [0.25, 0.3) is 5.91 Å². The maximum Gasteiger partial charge on any atom is 0.251 e. The number of sulfone groups is 1. The van der Waals surface area contributed by atoms with Crippen LogP contribution in [0.1, 0.15) is 28.3 Å². The maximum absolute atomic E-state index is 12.3. The Bertz CT molecular complexity index is 864. The van der Waals surface area contributed by atoms with Crippen molar-refractivity contribution >= 4 is 27.3 Å². The van der Waals surface area contributed by atoms with Crippen molar-refractivity contribution in [2.24, 2.45) is 0 Å². The fraction of sp³-hybridized carbons (Fsp3) is 0.235. The molecule has 0 saturated heterocycles. The molecule has 3 rings (SSSR count). The second-order valence-electron chi connectivity index (χ2n) is 5.74. The molecule has 0 aliphatic heterocycles. The third-order valence-electron chi connectivity index (χ3n) is 3.94. The molecule has 2 aromatic carbocycles. The number of rotatable bonds is 4. The highest BCUT2D eigenvalue weighted by Gasteiger charge is 2.40. The van der Waals surface area contributed by atoms with Gasteiger partial charge in [0.2, 0.25) is 0 Å². The molecular formula is C17H16ClNO3S. The summed E-state index contributed by atoms with van der Waals surface area (Å²) in [6, 6.07) is 13.7. The minimum absolute atomic E-state index is 0.0317. The van der Waals surface area contributed by atoms with Crippen LogP contribution in [0.25, 0.3) is 0 Å².